The number of benzene rings is 2. The largest absolute Gasteiger partial charge is 0.502 e. The van der Waals surface area contributed by atoms with Crippen LogP contribution in [0.25, 0.3) is 5.57 Å². The second kappa shape index (κ2) is 6.91. The highest BCUT2D eigenvalue weighted by Gasteiger charge is 2.40. The summed E-state index contributed by atoms with van der Waals surface area (Å²) < 4.78 is 0. The van der Waals surface area contributed by atoms with Crippen molar-refractivity contribution in [3.8, 4) is 0 Å². The van der Waals surface area contributed by atoms with Crippen molar-refractivity contribution in [1.29, 1.82) is 0 Å². The van der Waals surface area contributed by atoms with Gasteiger partial charge in [-0.15, -0.1) is 0 Å². The normalized spacial score (nSPS) is 17.8. The molecular formula is C22H22N2O3. The van der Waals surface area contributed by atoms with Crippen LogP contribution in [0.3, 0.4) is 0 Å². The van der Waals surface area contributed by atoms with Crippen LogP contribution in [0.2, 0.25) is 0 Å². The third-order valence-electron chi connectivity index (χ3n) is 5.23. The van der Waals surface area contributed by atoms with E-state index in [1.807, 2.05) is 31.2 Å². The molecule has 0 spiro atoms. The smallest absolute Gasteiger partial charge is 0.301 e. The Morgan fingerprint density at radius 3 is 2.00 bits per heavy atom. The Morgan fingerprint density at radius 1 is 0.778 bits per heavy atom. The fourth-order valence-electron chi connectivity index (χ4n) is 3.70. The Hall–Kier alpha value is -3.08. The van der Waals surface area contributed by atoms with E-state index in [2.05, 4.69) is 4.90 Å². The predicted octanol–water partition coefficient (Wildman–Crippen LogP) is 3.83. The number of hydrogen-bond acceptors (Lipinski definition) is 4. The maximum atomic E-state index is 12.9. The van der Waals surface area contributed by atoms with Crippen molar-refractivity contribution in [2.24, 2.45) is 0 Å². The van der Waals surface area contributed by atoms with Crippen molar-refractivity contribution in [2.45, 2.75) is 26.2 Å². The summed E-state index contributed by atoms with van der Waals surface area (Å²) in [6, 6.07) is 14.6. The van der Waals surface area contributed by atoms with Crippen LogP contribution in [0, 0.1) is 6.92 Å². The number of imide groups is 1. The molecular weight excluding hydrogens is 340 g/mol. The van der Waals surface area contributed by atoms with Crippen molar-refractivity contribution in [3.05, 3.63) is 65.4 Å². The molecule has 0 bridgehead atoms. The summed E-state index contributed by atoms with van der Waals surface area (Å²) in [7, 11) is 0. The van der Waals surface area contributed by atoms with Gasteiger partial charge >= 0.3 is 5.91 Å². The SMILES string of the molecule is Cc1ccc(C2=C(O)C(=O)N(c3ccc(N4CCCCC4)cc3)C2=O)cc1. The molecule has 1 fully saturated rings. The van der Waals surface area contributed by atoms with E-state index >= 15 is 0 Å². The number of aliphatic hydroxyl groups excluding tert-OH is 1. The van der Waals surface area contributed by atoms with E-state index in [-0.39, 0.29) is 5.57 Å². The first-order valence-electron chi connectivity index (χ1n) is 9.30. The van der Waals surface area contributed by atoms with Gasteiger partial charge in [-0.3, -0.25) is 9.59 Å². The summed E-state index contributed by atoms with van der Waals surface area (Å²) in [6.07, 6.45) is 3.63. The lowest BCUT2D eigenvalue weighted by Crippen LogP contribution is -2.32. The minimum atomic E-state index is -0.679. The lowest BCUT2D eigenvalue weighted by atomic mass is 10.0. The maximum Gasteiger partial charge on any atom is 0.301 e. The molecule has 1 saturated heterocycles. The minimum absolute atomic E-state index is 0.0557. The summed E-state index contributed by atoms with van der Waals surface area (Å²) in [6.45, 7) is 4.00. The number of aliphatic hydroxyl groups is 1. The summed E-state index contributed by atoms with van der Waals surface area (Å²) >= 11 is 0. The number of anilines is 2. The molecule has 2 aromatic rings. The molecule has 5 heteroatoms. The quantitative estimate of drug-likeness (QED) is 0.843. The molecule has 0 saturated carbocycles. The third kappa shape index (κ3) is 3.10. The molecule has 2 aliphatic heterocycles. The zero-order valence-corrected chi connectivity index (χ0v) is 15.3. The Balaban J connectivity index is 1.60. The minimum Gasteiger partial charge on any atom is -0.502 e. The highest BCUT2D eigenvalue weighted by Crippen LogP contribution is 2.33. The van der Waals surface area contributed by atoms with E-state index in [0.29, 0.717) is 11.3 Å². The average Bonchev–Trinajstić information content (AvgIpc) is 2.92. The van der Waals surface area contributed by atoms with Gasteiger partial charge in [0, 0.05) is 18.8 Å². The van der Waals surface area contributed by atoms with Crippen LogP contribution in [-0.2, 0) is 9.59 Å². The van der Waals surface area contributed by atoms with Crippen molar-refractivity contribution >= 4 is 28.8 Å². The number of carbonyl (C=O) groups is 2. The number of amides is 2. The molecule has 2 amide bonds. The first kappa shape index (κ1) is 17.3. The molecule has 1 N–H and O–H groups in total. The Kier molecular flexibility index (Phi) is 4.44. The zero-order valence-electron chi connectivity index (χ0n) is 15.3. The third-order valence-corrected chi connectivity index (χ3v) is 5.23. The summed E-state index contributed by atoms with van der Waals surface area (Å²) in [4.78, 5) is 28.8. The van der Waals surface area contributed by atoms with Crippen LogP contribution < -0.4 is 9.80 Å². The van der Waals surface area contributed by atoms with Gasteiger partial charge in [0.15, 0.2) is 5.76 Å². The molecule has 27 heavy (non-hydrogen) atoms. The summed E-state index contributed by atoms with van der Waals surface area (Å²) in [5, 5.41) is 10.3. The average molecular weight is 362 g/mol. The van der Waals surface area contributed by atoms with E-state index in [1.54, 1.807) is 24.3 Å². The zero-order chi connectivity index (χ0) is 19.0. The Bertz CT molecular complexity index is 908. The van der Waals surface area contributed by atoms with E-state index in [4.69, 9.17) is 0 Å². The first-order chi connectivity index (χ1) is 13.1. The lowest BCUT2D eigenvalue weighted by Gasteiger charge is -2.29. The van der Waals surface area contributed by atoms with Crippen molar-refractivity contribution in [3.63, 3.8) is 0 Å². The lowest BCUT2D eigenvalue weighted by molar-refractivity contribution is -0.121. The molecule has 138 valence electrons. The number of rotatable bonds is 3. The van der Waals surface area contributed by atoms with E-state index in [0.717, 1.165) is 29.2 Å². The monoisotopic (exact) mass is 362 g/mol. The standard InChI is InChI=1S/C22H22N2O3/c1-15-5-7-16(8-6-15)19-20(25)22(27)24(21(19)26)18-11-9-17(10-12-18)23-13-3-2-4-14-23/h5-12,25H,2-4,13-14H2,1H3. The van der Waals surface area contributed by atoms with Crippen LogP contribution >= 0.6 is 0 Å². The van der Waals surface area contributed by atoms with Crippen molar-refractivity contribution < 1.29 is 14.7 Å². The number of hydrogen-bond donors (Lipinski definition) is 1. The summed E-state index contributed by atoms with van der Waals surface area (Å²) in [5.41, 5.74) is 3.21. The van der Waals surface area contributed by atoms with Gasteiger partial charge in [0.25, 0.3) is 5.91 Å². The van der Waals surface area contributed by atoms with Gasteiger partial charge in [-0.25, -0.2) is 4.90 Å². The molecule has 0 unspecified atom stereocenters. The Labute approximate surface area is 158 Å². The molecule has 0 aliphatic carbocycles. The molecule has 2 heterocycles. The second-order valence-electron chi connectivity index (χ2n) is 7.10. The Morgan fingerprint density at radius 2 is 1.37 bits per heavy atom. The second-order valence-corrected chi connectivity index (χ2v) is 7.10. The van der Waals surface area contributed by atoms with Gasteiger partial charge in [-0.05, 0) is 56.0 Å². The topological polar surface area (TPSA) is 60.9 Å². The van der Waals surface area contributed by atoms with Gasteiger partial charge in [0.2, 0.25) is 0 Å². The fourth-order valence-corrected chi connectivity index (χ4v) is 3.70. The molecule has 2 aromatic carbocycles. The van der Waals surface area contributed by atoms with E-state index < -0.39 is 17.6 Å². The van der Waals surface area contributed by atoms with Crippen LogP contribution in [0.5, 0.6) is 0 Å². The van der Waals surface area contributed by atoms with E-state index in [1.165, 1.54) is 19.3 Å². The van der Waals surface area contributed by atoms with Crippen LogP contribution in [-0.4, -0.2) is 30.0 Å². The summed E-state index contributed by atoms with van der Waals surface area (Å²) in [5.74, 6) is -1.67. The van der Waals surface area contributed by atoms with E-state index in [9.17, 15) is 14.7 Å². The van der Waals surface area contributed by atoms with Crippen LogP contribution in [0.4, 0.5) is 11.4 Å². The van der Waals surface area contributed by atoms with Gasteiger partial charge in [-0.2, -0.15) is 0 Å². The number of piperidine rings is 1. The van der Waals surface area contributed by atoms with Crippen molar-refractivity contribution in [2.75, 3.05) is 22.9 Å². The van der Waals surface area contributed by atoms with Gasteiger partial charge in [0.05, 0.1) is 11.3 Å². The van der Waals surface area contributed by atoms with Gasteiger partial charge in [0.1, 0.15) is 0 Å². The number of nitrogens with zero attached hydrogens (tertiary/aromatic N) is 2. The highest BCUT2D eigenvalue weighted by atomic mass is 16.3. The number of carbonyl (C=O) groups excluding carboxylic acids is 2. The first-order valence-corrected chi connectivity index (χ1v) is 9.30. The molecule has 0 radical (unpaired) electrons. The highest BCUT2D eigenvalue weighted by molar-refractivity contribution is 6.44. The molecule has 2 aliphatic rings. The molecule has 5 nitrogen and oxygen atoms in total. The van der Waals surface area contributed by atoms with Gasteiger partial charge in [-0.1, -0.05) is 29.8 Å². The molecule has 0 aromatic heterocycles. The fraction of sp³-hybridized carbons (Fsp3) is 0.273. The molecule has 0 atom stereocenters. The van der Waals surface area contributed by atoms with Crippen LogP contribution in [0.1, 0.15) is 30.4 Å². The number of aryl methyl sites for hydroxylation is 1. The van der Waals surface area contributed by atoms with Crippen molar-refractivity contribution in [1.82, 2.24) is 0 Å². The van der Waals surface area contributed by atoms with Crippen LogP contribution in [0.15, 0.2) is 54.3 Å². The predicted molar refractivity (Wildman–Crippen MR) is 106 cm³/mol. The molecule has 4 rings (SSSR count). The maximum absolute atomic E-state index is 12.9. The van der Waals surface area contributed by atoms with Gasteiger partial charge < -0.3 is 10.0 Å².